The van der Waals surface area contributed by atoms with Gasteiger partial charge in [0.2, 0.25) is 5.91 Å². The molecular weight excluding hydrogens is 430 g/mol. The highest BCUT2D eigenvalue weighted by Crippen LogP contribution is 2.31. The summed E-state index contributed by atoms with van der Waals surface area (Å²) < 4.78 is 25.9. The highest BCUT2D eigenvalue weighted by Gasteiger charge is 2.23. The van der Waals surface area contributed by atoms with E-state index in [9.17, 15) is 13.2 Å². The molecule has 0 atom stereocenters. The van der Waals surface area contributed by atoms with E-state index in [-0.39, 0.29) is 23.0 Å². The van der Waals surface area contributed by atoms with E-state index in [1.165, 1.54) is 11.3 Å². The van der Waals surface area contributed by atoms with Crippen LogP contribution in [0.3, 0.4) is 0 Å². The van der Waals surface area contributed by atoms with Crippen molar-refractivity contribution in [1.82, 2.24) is 9.88 Å². The van der Waals surface area contributed by atoms with E-state index in [2.05, 4.69) is 4.98 Å². The summed E-state index contributed by atoms with van der Waals surface area (Å²) in [6.45, 7) is 1.05. The van der Waals surface area contributed by atoms with Gasteiger partial charge in [0.1, 0.15) is 0 Å². The third-order valence-electron chi connectivity index (χ3n) is 4.33. The quantitative estimate of drug-likeness (QED) is 0.522. The average Bonchev–Trinajstić information content (AvgIpc) is 3.09. The largest absolute Gasteiger partial charge is 0.308 e. The SMILES string of the molecule is CN(C)CCN(C(=O)CCS(=O)(=O)c1ccccc1)c1nc2ccc(Cl)cc2s1. The first-order valence-corrected chi connectivity index (χ1v) is 11.9. The zero-order valence-electron chi connectivity index (χ0n) is 16.2. The maximum Gasteiger partial charge on any atom is 0.229 e. The molecule has 2 aromatic carbocycles. The molecule has 0 fully saturated rings. The number of thiazole rings is 1. The highest BCUT2D eigenvalue weighted by atomic mass is 35.5. The summed E-state index contributed by atoms with van der Waals surface area (Å²) >= 11 is 7.43. The van der Waals surface area contributed by atoms with Crippen molar-refractivity contribution >= 4 is 54.0 Å². The van der Waals surface area contributed by atoms with Gasteiger partial charge in [0.25, 0.3) is 0 Å². The van der Waals surface area contributed by atoms with E-state index >= 15 is 0 Å². The smallest absolute Gasteiger partial charge is 0.229 e. The first kappa shape index (κ1) is 21.7. The Labute approximate surface area is 179 Å². The number of amides is 1. The van der Waals surface area contributed by atoms with Gasteiger partial charge in [-0.3, -0.25) is 9.69 Å². The monoisotopic (exact) mass is 451 g/mol. The van der Waals surface area contributed by atoms with Crippen molar-refractivity contribution in [2.24, 2.45) is 0 Å². The predicted molar refractivity (Wildman–Crippen MR) is 119 cm³/mol. The van der Waals surface area contributed by atoms with Crippen LogP contribution in [0, 0.1) is 0 Å². The van der Waals surface area contributed by atoms with E-state index in [1.54, 1.807) is 41.3 Å². The maximum atomic E-state index is 13.0. The minimum Gasteiger partial charge on any atom is -0.308 e. The summed E-state index contributed by atoms with van der Waals surface area (Å²) in [7, 11) is 0.310. The van der Waals surface area contributed by atoms with Crippen molar-refractivity contribution in [3.63, 3.8) is 0 Å². The molecule has 0 radical (unpaired) electrons. The van der Waals surface area contributed by atoms with Crippen LogP contribution in [0.1, 0.15) is 6.42 Å². The number of aromatic nitrogens is 1. The number of likely N-dealkylation sites (N-methyl/N-ethyl adjacent to an activating group) is 1. The van der Waals surface area contributed by atoms with Gasteiger partial charge in [-0.05, 0) is 44.4 Å². The number of hydrogen-bond acceptors (Lipinski definition) is 6. The van der Waals surface area contributed by atoms with Crippen LogP contribution in [-0.4, -0.2) is 57.1 Å². The van der Waals surface area contributed by atoms with Crippen LogP contribution in [0.15, 0.2) is 53.4 Å². The average molecular weight is 452 g/mol. The van der Waals surface area contributed by atoms with Crippen molar-refractivity contribution in [1.29, 1.82) is 0 Å². The highest BCUT2D eigenvalue weighted by molar-refractivity contribution is 7.91. The van der Waals surface area contributed by atoms with Crippen LogP contribution in [0.5, 0.6) is 0 Å². The molecule has 3 aromatic rings. The van der Waals surface area contributed by atoms with Gasteiger partial charge in [-0.15, -0.1) is 0 Å². The topological polar surface area (TPSA) is 70.6 Å². The Hall–Kier alpha value is -2.00. The summed E-state index contributed by atoms with van der Waals surface area (Å²) in [6, 6.07) is 13.6. The summed E-state index contributed by atoms with van der Waals surface area (Å²) in [6.07, 6.45) is -0.110. The van der Waals surface area contributed by atoms with Crippen LogP contribution in [0.2, 0.25) is 5.02 Å². The Bertz CT molecular complexity index is 1100. The zero-order valence-corrected chi connectivity index (χ0v) is 18.6. The van der Waals surface area contributed by atoms with Crippen molar-refractivity contribution in [3.05, 3.63) is 53.6 Å². The lowest BCUT2D eigenvalue weighted by atomic mass is 10.3. The molecule has 0 aliphatic rings. The van der Waals surface area contributed by atoms with E-state index in [1.807, 2.05) is 31.1 Å². The molecule has 0 saturated carbocycles. The number of nitrogens with zero attached hydrogens (tertiary/aromatic N) is 3. The molecule has 1 amide bonds. The summed E-state index contributed by atoms with van der Waals surface area (Å²) in [5.74, 6) is -0.512. The third kappa shape index (κ3) is 5.54. The standard InChI is InChI=1S/C20H22ClN3O3S2/c1-23(2)11-12-24(20-22-17-9-8-15(21)14-18(17)28-20)19(25)10-13-29(26,27)16-6-4-3-5-7-16/h3-9,14H,10-13H2,1-2H3. The number of carbonyl (C=O) groups is 1. The summed E-state index contributed by atoms with van der Waals surface area (Å²) in [5.41, 5.74) is 0.758. The van der Waals surface area contributed by atoms with E-state index in [0.29, 0.717) is 23.2 Å². The van der Waals surface area contributed by atoms with Crippen LogP contribution in [-0.2, 0) is 14.6 Å². The van der Waals surface area contributed by atoms with E-state index < -0.39 is 9.84 Å². The Morgan fingerprint density at radius 2 is 1.83 bits per heavy atom. The summed E-state index contributed by atoms with van der Waals surface area (Å²) in [4.78, 5) is 21.3. The van der Waals surface area contributed by atoms with Crippen LogP contribution in [0.4, 0.5) is 5.13 Å². The van der Waals surface area contributed by atoms with Gasteiger partial charge >= 0.3 is 0 Å². The van der Waals surface area contributed by atoms with Gasteiger partial charge in [0.15, 0.2) is 15.0 Å². The van der Waals surface area contributed by atoms with Crippen LogP contribution < -0.4 is 4.90 Å². The molecular formula is C20H22ClN3O3S2. The van der Waals surface area contributed by atoms with Gasteiger partial charge in [-0.25, -0.2) is 13.4 Å². The molecule has 0 N–H and O–H groups in total. The Balaban J connectivity index is 1.81. The van der Waals surface area contributed by atoms with Crippen molar-refractivity contribution in [2.45, 2.75) is 11.3 Å². The molecule has 1 aromatic heterocycles. The van der Waals surface area contributed by atoms with Gasteiger partial charge < -0.3 is 4.90 Å². The number of carbonyl (C=O) groups excluding carboxylic acids is 1. The molecule has 0 aliphatic heterocycles. The molecule has 0 spiro atoms. The van der Waals surface area contributed by atoms with Gasteiger partial charge in [-0.1, -0.05) is 41.1 Å². The predicted octanol–water partition coefficient (Wildman–Crippen LogP) is 3.71. The molecule has 0 bridgehead atoms. The molecule has 0 saturated heterocycles. The molecule has 1 heterocycles. The van der Waals surface area contributed by atoms with E-state index in [4.69, 9.17) is 11.6 Å². The second kappa shape index (κ2) is 9.21. The Kier molecular flexibility index (Phi) is 6.89. The number of fused-ring (bicyclic) bond motifs is 1. The maximum absolute atomic E-state index is 13.0. The molecule has 9 heteroatoms. The Morgan fingerprint density at radius 1 is 1.10 bits per heavy atom. The van der Waals surface area contributed by atoms with Crippen LogP contribution in [0.25, 0.3) is 10.2 Å². The third-order valence-corrected chi connectivity index (χ3v) is 7.34. The van der Waals surface area contributed by atoms with Gasteiger partial charge in [0, 0.05) is 24.5 Å². The number of sulfone groups is 1. The van der Waals surface area contributed by atoms with Gasteiger partial charge in [0.05, 0.1) is 20.9 Å². The number of halogens is 1. The fourth-order valence-electron chi connectivity index (χ4n) is 2.73. The lowest BCUT2D eigenvalue weighted by Crippen LogP contribution is -2.37. The molecule has 0 aliphatic carbocycles. The first-order chi connectivity index (χ1) is 13.8. The summed E-state index contributed by atoms with van der Waals surface area (Å²) in [5, 5.41) is 1.15. The zero-order chi connectivity index (χ0) is 21.0. The van der Waals surface area contributed by atoms with Gasteiger partial charge in [-0.2, -0.15) is 0 Å². The lowest BCUT2D eigenvalue weighted by Gasteiger charge is -2.22. The number of anilines is 1. The fraction of sp³-hybridized carbons (Fsp3) is 0.300. The number of hydrogen-bond donors (Lipinski definition) is 0. The minimum absolute atomic E-state index is 0.110. The molecule has 3 rings (SSSR count). The molecule has 154 valence electrons. The second-order valence-corrected chi connectivity index (χ2v) is 10.4. The van der Waals surface area contributed by atoms with Crippen molar-refractivity contribution in [2.75, 3.05) is 37.8 Å². The number of rotatable bonds is 8. The fourth-order valence-corrected chi connectivity index (χ4v) is 5.27. The molecule has 6 nitrogen and oxygen atoms in total. The van der Waals surface area contributed by atoms with Crippen LogP contribution >= 0.6 is 22.9 Å². The molecule has 0 unspecified atom stereocenters. The normalized spacial score (nSPS) is 11.9. The number of benzene rings is 2. The molecule has 29 heavy (non-hydrogen) atoms. The Morgan fingerprint density at radius 3 is 2.52 bits per heavy atom. The van der Waals surface area contributed by atoms with Crippen molar-refractivity contribution < 1.29 is 13.2 Å². The lowest BCUT2D eigenvalue weighted by molar-refractivity contribution is -0.118. The minimum atomic E-state index is -3.52. The first-order valence-electron chi connectivity index (χ1n) is 9.05. The van der Waals surface area contributed by atoms with Crippen molar-refractivity contribution in [3.8, 4) is 0 Å². The van der Waals surface area contributed by atoms with E-state index in [0.717, 1.165) is 10.2 Å². The second-order valence-electron chi connectivity index (χ2n) is 6.84.